The van der Waals surface area contributed by atoms with E-state index in [1.54, 1.807) is 30.0 Å². The number of fused-ring (bicyclic) bond motifs is 1. The largest absolute Gasteiger partial charge is 0.337 e. The summed E-state index contributed by atoms with van der Waals surface area (Å²) in [6.45, 7) is 1.77. The van der Waals surface area contributed by atoms with E-state index in [1.807, 2.05) is 37.4 Å². The van der Waals surface area contributed by atoms with Crippen molar-refractivity contribution in [3.63, 3.8) is 0 Å². The molecule has 2 heterocycles. The molecule has 23 heavy (non-hydrogen) atoms. The van der Waals surface area contributed by atoms with Gasteiger partial charge in [-0.15, -0.1) is 0 Å². The van der Waals surface area contributed by atoms with Crippen LogP contribution in [0.1, 0.15) is 24.5 Å². The molecule has 3 aromatic rings. The zero-order valence-electron chi connectivity index (χ0n) is 13.0. The fraction of sp³-hybridized carbons (Fsp3) is 0.250. The van der Waals surface area contributed by atoms with Crippen LogP contribution in [0.15, 0.2) is 48.8 Å². The Labute approximate surface area is 135 Å². The third-order valence-electron chi connectivity index (χ3n) is 3.60. The second-order valence-electron chi connectivity index (χ2n) is 5.49. The minimum absolute atomic E-state index is 0.160. The Morgan fingerprint density at radius 3 is 2.74 bits per heavy atom. The second kappa shape index (κ2) is 6.10. The summed E-state index contributed by atoms with van der Waals surface area (Å²) in [4.78, 5) is 8.58. The highest BCUT2D eigenvalue weighted by atomic mass is 32.2. The first-order valence-corrected chi connectivity index (χ1v) is 8.92. The van der Waals surface area contributed by atoms with Crippen LogP contribution < -0.4 is 4.72 Å². The van der Waals surface area contributed by atoms with Gasteiger partial charge in [0.05, 0.1) is 17.3 Å². The molecule has 0 spiro atoms. The zero-order chi connectivity index (χ0) is 16.4. The minimum Gasteiger partial charge on any atom is -0.337 e. The van der Waals surface area contributed by atoms with Gasteiger partial charge in [0.1, 0.15) is 11.6 Å². The molecule has 0 radical (unpaired) electrons. The Morgan fingerprint density at radius 1 is 1.22 bits per heavy atom. The lowest BCUT2D eigenvalue weighted by Crippen LogP contribution is -2.29. The van der Waals surface area contributed by atoms with E-state index in [1.165, 1.54) is 0 Å². The third kappa shape index (κ3) is 3.57. The fourth-order valence-corrected chi connectivity index (χ4v) is 3.82. The average Bonchev–Trinajstić information content (AvgIpc) is 2.92. The van der Waals surface area contributed by atoms with Gasteiger partial charge in [0.25, 0.3) is 0 Å². The number of benzene rings is 1. The molecule has 0 fully saturated rings. The Kier molecular flexibility index (Phi) is 4.14. The van der Waals surface area contributed by atoms with Gasteiger partial charge in [0.15, 0.2) is 0 Å². The van der Waals surface area contributed by atoms with Crippen molar-refractivity contribution >= 4 is 20.9 Å². The highest BCUT2D eigenvalue weighted by Gasteiger charge is 2.19. The van der Waals surface area contributed by atoms with E-state index in [9.17, 15) is 8.42 Å². The molecule has 0 aliphatic rings. The van der Waals surface area contributed by atoms with Crippen LogP contribution in [0.25, 0.3) is 10.9 Å². The predicted octanol–water partition coefficient (Wildman–Crippen LogP) is 2.15. The second-order valence-corrected chi connectivity index (χ2v) is 7.24. The molecule has 0 saturated carbocycles. The standard InChI is InChI=1S/C16H18N4O2S/c1-12(16-17-9-10-20(16)2)19-23(21,22)11-14-8-7-13-5-3-4-6-15(13)18-14/h3-10,12,19H,11H2,1-2H3. The summed E-state index contributed by atoms with van der Waals surface area (Å²) in [5, 5.41) is 0.989. The number of rotatable bonds is 5. The van der Waals surface area contributed by atoms with Gasteiger partial charge in [0, 0.05) is 24.8 Å². The number of pyridine rings is 1. The molecule has 7 heteroatoms. The SMILES string of the molecule is CC(NS(=O)(=O)Cc1ccc2ccccc2n1)c1nccn1C. The van der Waals surface area contributed by atoms with Gasteiger partial charge in [-0.1, -0.05) is 24.3 Å². The third-order valence-corrected chi connectivity index (χ3v) is 4.98. The molecular formula is C16H18N4O2S. The first-order valence-electron chi connectivity index (χ1n) is 7.26. The number of aryl methyl sites for hydroxylation is 1. The predicted molar refractivity (Wildman–Crippen MR) is 89.1 cm³/mol. The van der Waals surface area contributed by atoms with Gasteiger partial charge < -0.3 is 4.57 Å². The van der Waals surface area contributed by atoms with Crippen LogP contribution in [0.4, 0.5) is 0 Å². The molecule has 0 aliphatic heterocycles. The van der Waals surface area contributed by atoms with Crippen LogP contribution in [0.5, 0.6) is 0 Å². The molecule has 1 atom stereocenters. The lowest BCUT2D eigenvalue weighted by atomic mass is 10.2. The van der Waals surface area contributed by atoms with Gasteiger partial charge in [-0.3, -0.25) is 4.98 Å². The number of para-hydroxylation sites is 1. The molecule has 0 saturated heterocycles. The van der Waals surface area contributed by atoms with Crippen LogP contribution in [-0.2, 0) is 22.8 Å². The molecular weight excluding hydrogens is 312 g/mol. The van der Waals surface area contributed by atoms with E-state index in [-0.39, 0.29) is 5.75 Å². The Hall–Kier alpha value is -2.25. The van der Waals surface area contributed by atoms with Crippen LogP contribution in [0.3, 0.4) is 0 Å². The van der Waals surface area contributed by atoms with Crippen molar-refractivity contribution in [2.45, 2.75) is 18.7 Å². The molecule has 2 aromatic heterocycles. The maximum Gasteiger partial charge on any atom is 0.217 e. The van der Waals surface area contributed by atoms with Gasteiger partial charge in [0.2, 0.25) is 10.0 Å². The quantitative estimate of drug-likeness (QED) is 0.777. The van der Waals surface area contributed by atoms with E-state index >= 15 is 0 Å². The van der Waals surface area contributed by atoms with Crippen LogP contribution >= 0.6 is 0 Å². The Balaban J connectivity index is 1.78. The first kappa shape index (κ1) is 15.6. The summed E-state index contributed by atoms with van der Waals surface area (Å²) >= 11 is 0. The van der Waals surface area contributed by atoms with Crippen LogP contribution in [-0.4, -0.2) is 23.0 Å². The number of nitrogens with zero attached hydrogens (tertiary/aromatic N) is 3. The van der Waals surface area contributed by atoms with Crippen molar-refractivity contribution in [1.29, 1.82) is 0 Å². The number of sulfonamides is 1. The van der Waals surface area contributed by atoms with E-state index in [2.05, 4.69) is 14.7 Å². The lowest BCUT2D eigenvalue weighted by molar-refractivity contribution is 0.552. The van der Waals surface area contributed by atoms with Gasteiger partial charge in [-0.25, -0.2) is 18.1 Å². The fourth-order valence-electron chi connectivity index (χ4n) is 2.54. The number of nitrogens with one attached hydrogen (secondary N) is 1. The normalized spacial score (nSPS) is 13.3. The summed E-state index contributed by atoms with van der Waals surface area (Å²) in [7, 11) is -1.68. The highest BCUT2D eigenvalue weighted by Crippen LogP contribution is 2.15. The van der Waals surface area contributed by atoms with E-state index in [4.69, 9.17) is 0 Å². The molecule has 1 unspecified atom stereocenters. The highest BCUT2D eigenvalue weighted by molar-refractivity contribution is 7.88. The van der Waals surface area contributed by atoms with Crippen molar-refractivity contribution in [2.24, 2.45) is 7.05 Å². The zero-order valence-corrected chi connectivity index (χ0v) is 13.8. The molecule has 0 aliphatic carbocycles. The topological polar surface area (TPSA) is 76.9 Å². The number of hydrogen-bond acceptors (Lipinski definition) is 4. The van der Waals surface area contributed by atoms with Gasteiger partial charge in [-0.2, -0.15) is 0 Å². The smallest absolute Gasteiger partial charge is 0.217 e. The van der Waals surface area contributed by atoms with E-state index < -0.39 is 16.1 Å². The molecule has 1 aromatic carbocycles. The Morgan fingerprint density at radius 2 is 2.00 bits per heavy atom. The van der Waals surface area contributed by atoms with Crippen molar-refractivity contribution in [1.82, 2.24) is 19.3 Å². The van der Waals surface area contributed by atoms with Crippen LogP contribution in [0.2, 0.25) is 0 Å². The minimum atomic E-state index is -3.51. The first-order chi connectivity index (χ1) is 10.9. The van der Waals surface area contributed by atoms with Crippen molar-refractivity contribution < 1.29 is 8.42 Å². The van der Waals surface area contributed by atoms with Crippen molar-refractivity contribution in [3.05, 3.63) is 60.3 Å². The summed E-state index contributed by atoms with van der Waals surface area (Å²) in [5.74, 6) is 0.507. The summed E-state index contributed by atoms with van der Waals surface area (Å²) in [6.07, 6.45) is 3.43. The number of hydrogen-bond donors (Lipinski definition) is 1. The molecule has 0 amide bonds. The number of imidazole rings is 1. The van der Waals surface area contributed by atoms with Gasteiger partial charge >= 0.3 is 0 Å². The van der Waals surface area contributed by atoms with E-state index in [0.717, 1.165) is 10.9 Å². The monoisotopic (exact) mass is 330 g/mol. The molecule has 3 rings (SSSR count). The maximum atomic E-state index is 12.4. The summed E-state index contributed by atoms with van der Waals surface area (Å²) < 4.78 is 29.2. The van der Waals surface area contributed by atoms with Gasteiger partial charge in [-0.05, 0) is 19.1 Å². The van der Waals surface area contributed by atoms with Crippen molar-refractivity contribution in [2.75, 3.05) is 0 Å². The summed E-state index contributed by atoms with van der Waals surface area (Å²) in [6, 6.07) is 10.9. The Bertz CT molecular complexity index is 934. The molecule has 0 bridgehead atoms. The maximum absolute atomic E-state index is 12.4. The van der Waals surface area contributed by atoms with Crippen molar-refractivity contribution in [3.8, 4) is 0 Å². The summed E-state index contributed by atoms with van der Waals surface area (Å²) in [5.41, 5.74) is 1.31. The van der Waals surface area contributed by atoms with E-state index in [0.29, 0.717) is 11.5 Å². The average molecular weight is 330 g/mol. The van der Waals surface area contributed by atoms with Crippen LogP contribution in [0, 0.1) is 0 Å². The molecule has 120 valence electrons. The molecule has 6 nitrogen and oxygen atoms in total. The number of aromatic nitrogens is 3. The lowest BCUT2D eigenvalue weighted by Gasteiger charge is -2.14. The molecule has 1 N–H and O–H groups in total.